The van der Waals surface area contributed by atoms with Gasteiger partial charge in [-0.2, -0.15) is 0 Å². The number of guanidine groups is 1. The second-order valence-electron chi connectivity index (χ2n) is 14.5. The van der Waals surface area contributed by atoms with Gasteiger partial charge in [-0.25, -0.2) is 0 Å². The molecule has 0 aromatic heterocycles. The molecule has 7 amide bonds. The number of aldehydes is 1. The van der Waals surface area contributed by atoms with E-state index in [2.05, 4.69) is 36.9 Å². The Kier molecular flexibility index (Phi) is 25.5. The van der Waals surface area contributed by atoms with E-state index in [1.165, 1.54) is 6.92 Å². The lowest BCUT2D eigenvalue weighted by Crippen LogP contribution is -2.60. The van der Waals surface area contributed by atoms with Crippen molar-refractivity contribution in [3.63, 3.8) is 0 Å². The smallest absolute Gasteiger partial charge is 0.245 e. The number of aliphatic imine (C=N–C) groups is 1. The van der Waals surface area contributed by atoms with Crippen molar-refractivity contribution in [1.29, 1.82) is 0 Å². The molecule has 0 unspecified atom stereocenters. The zero-order valence-electron chi connectivity index (χ0n) is 33.0. The summed E-state index contributed by atoms with van der Waals surface area (Å²) >= 11 is 0. The molecule has 0 aliphatic heterocycles. The van der Waals surface area contributed by atoms with Gasteiger partial charge in [0.15, 0.2) is 5.96 Å². The van der Waals surface area contributed by atoms with Gasteiger partial charge in [-0.3, -0.25) is 38.6 Å². The van der Waals surface area contributed by atoms with Crippen molar-refractivity contribution in [2.24, 2.45) is 45.7 Å². The highest BCUT2D eigenvalue weighted by molar-refractivity contribution is 5.97. The van der Waals surface area contributed by atoms with E-state index in [1.54, 1.807) is 0 Å². The van der Waals surface area contributed by atoms with E-state index in [0.717, 1.165) is 0 Å². The van der Waals surface area contributed by atoms with Crippen LogP contribution in [-0.4, -0.2) is 120 Å². The van der Waals surface area contributed by atoms with Crippen molar-refractivity contribution in [1.82, 2.24) is 31.9 Å². The normalized spacial score (nSPS) is 14.8. The molecule has 0 rings (SSSR count). The maximum atomic E-state index is 13.8. The molecule has 21 heteroatoms. The van der Waals surface area contributed by atoms with Crippen LogP contribution in [0, 0.1) is 17.8 Å². The number of primary amides is 1. The van der Waals surface area contributed by atoms with E-state index in [-0.39, 0.29) is 74.4 Å². The van der Waals surface area contributed by atoms with Crippen molar-refractivity contribution < 1.29 is 48.9 Å². The summed E-state index contributed by atoms with van der Waals surface area (Å²) < 4.78 is 0. The molecule has 0 aromatic carbocycles. The highest BCUT2D eigenvalue weighted by Crippen LogP contribution is 2.12. The van der Waals surface area contributed by atoms with Crippen LogP contribution in [0.4, 0.5) is 0 Å². The Hall–Kier alpha value is -4.89. The molecule has 0 spiro atoms. The third-order valence-electron chi connectivity index (χ3n) is 7.78. The Morgan fingerprint density at radius 2 is 1.04 bits per heavy atom. The third-order valence-corrected chi connectivity index (χ3v) is 7.78. The van der Waals surface area contributed by atoms with Crippen LogP contribution >= 0.6 is 0 Å². The molecule has 0 aromatic rings. The van der Waals surface area contributed by atoms with Gasteiger partial charge in [-0.1, -0.05) is 41.5 Å². The van der Waals surface area contributed by atoms with E-state index in [0.29, 0.717) is 6.29 Å². The van der Waals surface area contributed by atoms with E-state index >= 15 is 0 Å². The number of carbonyl (C=O) groups excluding carboxylic acids is 8. The zero-order valence-corrected chi connectivity index (χ0v) is 33.0. The average Bonchev–Trinajstić information content (AvgIpc) is 3.04. The molecular formula is C34H65N11O10. The highest BCUT2D eigenvalue weighted by Gasteiger charge is 2.34. The first kappa shape index (κ1) is 52.2. The maximum absolute atomic E-state index is 13.8. The molecule has 0 bridgehead atoms. The SMILES string of the molecule is CC(C)C[C@H](NC(=O)[C@H](CC(C)C)NC(=O)[C@H](CCCN=C(N)N)NC(=O)[C@@H](N)CC(N)=O)C(=O)N[C@@H](CC(C)C)C(=O)N[C@H](C(=O)NCC=O)[C@@H](C)O.O. The minimum Gasteiger partial charge on any atom is -0.412 e. The Labute approximate surface area is 322 Å². The van der Waals surface area contributed by atoms with Crippen LogP contribution < -0.4 is 54.8 Å². The summed E-state index contributed by atoms with van der Waals surface area (Å²) in [5.74, 6) is -5.90. The summed E-state index contributed by atoms with van der Waals surface area (Å²) in [4.78, 5) is 106. The van der Waals surface area contributed by atoms with E-state index in [4.69, 9.17) is 22.9 Å². The third kappa shape index (κ3) is 22.2. The molecule has 0 fully saturated rings. The predicted molar refractivity (Wildman–Crippen MR) is 204 cm³/mol. The van der Waals surface area contributed by atoms with Crippen LogP contribution in [0.25, 0.3) is 0 Å². The van der Waals surface area contributed by atoms with Crippen molar-refractivity contribution in [3.8, 4) is 0 Å². The Bertz CT molecular complexity index is 1310. The van der Waals surface area contributed by atoms with Gasteiger partial charge < -0.3 is 70.2 Å². The van der Waals surface area contributed by atoms with Crippen molar-refractivity contribution >= 4 is 53.6 Å². The Morgan fingerprint density at radius 3 is 1.40 bits per heavy atom. The summed E-state index contributed by atoms with van der Waals surface area (Å²) in [5.41, 5.74) is 21.7. The number of hydrogen-bond acceptors (Lipinski definition) is 11. The highest BCUT2D eigenvalue weighted by atomic mass is 16.3. The van der Waals surface area contributed by atoms with Crippen LogP contribution in [0.15, 0.2) is 4.99 Å². The molecule has 0 radical (unpaired) electrons. The molecule has 55 heavy (non-hydrogen) atoms. The number of nitrogens with one attached hydrogen (secondary N) is 6. The number of aliphatic hydroxyl groups excluding tert-OH is 1. The number of hydrogen-bond donors (Lipinski definition) is 11. The zero-order chi connectivity index (χ0) is 41.7. The quantitative estimate of drug-likeness (QED) is 0.0172. The standard InChI is InChI=1S/C34H63N11O9.H2O/c1-17(2)13-23(42-29(50)22(9-8-10-40-34(37)38)41-28(49)21(35)16-26(36)48)30(51)43-24(14-18(3)4)31(52)44-25(15-19(5)6)32(53)45-27(20(7)47)33(54)39-11-12-46;/h12,17-25,27,47H,8-11,13-16,35H2,1-7H3,(H2,36,48)(H,39,54)(H,41,49)(H,42,50)(H,43,51)(H,44,52)(H,45,53)(H4,37,38,40);1H2/t20-,21+,22+,23+,24+,25+,27+;/m1./s1. The molecule has 0 aliphatic rings. The van der Waals surface area contributed by atoms with Gasteiger partial charge in [0.1, 0.15) is 36.5 Å². The summed E-state index contributed by atoms with van der Waals surface area (Å²) in [6.07, 6.45) is -0.687. The van der Waals surface area contributed by atoms with Crippen LogP contribution in [0.3, 0.4) is 0 Å². The van der Waals surface area contributed by atoms with E-state index in [9.17, 15) is 43.5 Å². The van der Waals surface area contributed by atoms with Crippen molar-refractivity contribution in [3.05, 3.63) is 0 Å². The lowest BCUT2D eigenvalue weighted by Gasteiger charge is -2.29. The lowest BCUT2D eigenvalue weighted by atomic mass is 9.98. The largest absolute Gasteiger partial charge is 0.412 e. The molecule has 0 aliphatic carbocycles. The molecule has 21 nitrogen and oxygen atoms in total. The number of nitrogens with zero attached hydrogens (tertiary/aromatic N) is 1. The first-order valence-electron chi connectivity index (χ1n) is 18.1. The predicted octanol–water partition coefficient (Wildman–Crippen LogP) is -4.32. The van der Waals surface area contributed by atoms with Gasteiger partial charge in [0, 0.05) is 6.54 Å². The van der Waals surface area contributed by atoms with Gasteiger partial charge >= 0.3 is 0 Å². The fourth-order valence-corrected chi connectivity index (χ4v) is 5.20. The maximum Gasteiger partial charge on any atom is 0.245 e. The summed E-state index contributed by atoms with van der Waals surface area (Å²) in [6, 6.07) is -7.50. The fraction of sp³-hybridized carbons (Fsp3) is 0.735. The van der Waals surface area contributed by atoms with Gasteiger partial charge in [0.05, 0.1) is 25.1 Å². The number of carbonyl (C=O) groups is 8. The molecule has 17 N–H and O–H groups in total. The lowest BCUT2D eigenvalue weighted by molar-refractivity contribution is -0.136. The van der Waals surface area contributed by atoms with Gasteiger partial charge in [-0.05, 0) is 56.8 Å². The molecule has 316 valence electrons. The van der Waals surface area contributed by atoms with Gasteiger partial charge in [0.2, 0.25) is 41.4 Å². The first-order valence-corrected chi connectivity index (χ1v) is 18.1. The second-order valence-corrected chi connectivity index (χ2v) is 14.5. The van der Waals surface area contributed by atoms with E-state index < -0.39 is 90.1 Å². The second kappa shape index (κ2) is 26.8. The van der Waals surface area contributed by atoms with E-state index in [1.807, 2.05) is 41.5 Å². The van der Waals surface area contributed by atoms with Crippen molar-refractivity contribution in [2.75, 3.05) is 13.1 Å². The Balaban J connectivity index is 0. The number of aliphatic hydroxyl groups is 1. The number of rotatable bonds is 26. The molecule has 7 atom stereocenters. The van der Waals surface area contributed by atoms with Crippen LogP contribution in [-0.2, 0) is 38.4 Å². The fourth-order valence-electron chi connectivity index (χ4n) is 5.20. The monoisotopic (exact) mass is 787 g/mol. The minimum absolute atomic E-state index is 0. The van der Waals surface area contributed by atoms with Gasteiger partial charge in [-0.15, -0.1) is 0 Å². The molecular weight excluding hydrogens is 722 g/mol. The van der Waals surface area contributed by atoms with Crippen LogP contribution in [0.2, 0.25) is 0 Å². The summed E-state index contributed by atoms with van der Waals surface area (Å²) in [7, 11) is 0. The summed E-state index contributed by atoms with van der Waals surface area (Å²) in [5, 5.41) is 25.4. The topological polar surface area (TPSA) is 377 Å². The minimum atomic E-state index is -1.42. The van der Waals surface area contributed by atoms with Crippen LogP contribution in [0.1, 0.15) is 87.0 Å². The van der Waals surface area contributed by atoms with Gasteiger partial charge in [0.25, 0.3) is 0 Å². The number of nitrogens with two attached hydrogens (primary N) is 4. The van der Waals surface area contributed by atoms with Crippen molar-refractivity contribution in [2.45, 2.75) is 129 Å². The Morgan fingerprint density at radius 1 is 0.636 bits per heavy atom. The first-order chi connectivity index (χ1) is 25.1. The molecule has 0 saturated heterocycles. The van der Waals surface area contributed by atoms with Crippen LogP contribution in [0.5, 0.6) is 0 Å². The average molecular weight is 788 g/mol. The molecule has 0 heterocycles. The number of amides is 7. The summed E-state index contributed by atoms with van der Waals surface area (Å²) in [6.45, 7) is 12.0. The molecule has 0 saturated carbocycles.